The highest BCUT2D eigenvalue weighted by Gasteiger charge is 2.13. The van der Waals surface area contributed by atoms with Gasteiger partial charge in [-0.05, 0) is 48.9 Å². The monoisotopic (exact) mass is 425 g/mol. The molecule has 1 N–H and O–H groups in total. The van der Waals surface area contributed by atoms with E-state index in [2.05, 4.69) is 10.5 Å². The quantitative estimate of drug-likeness (QED) is 0.349. The molecule has 1 aromatic heterocycles. The Morgan fingerprint density at radius 1 is 0.938 bits per heavy atom. The summed E-state index contributed by atoms with van der Waals surface area (Å²) in [4.78, 5) is 17.8. The number of amides is 1. The van der Waals surface area contributed by atoms with E-state index in [4.69, 9.17) is 14.5 Å². The minimum Gasteiger partial charge on any atom is -0.493 e. The standard InChI is InChI=1S/C26H23N3O3/c1-17-7-6-8-19(13-17)23-15-21(20-9-4-5-10-22(20)28-23)26(30)29-27-16-18-11-12-24(31-2)25(14-18)32-3/h4-16H,1-3H3,(H,29,30). The molecule has 0 saturated carbocycles. The zero-order chi connectivity index (χ0) is 22.5. The second kappa shape index (κ2) is 9.31. The number of aryl methyl sites for hydroxylation is 1. The Hall–Kier alpha value is -4.19. The van der Waals surface area contributed by atoms with Gasteiger partial charge in [-0.3, -0.25) is 4.79 Å². The number of carbonyl (C=O) groups excluding carboxylic acids is 1. The number of para-hydroxylation sites is 1. The summed E-state index contributed by atoms with van der Waals surface area (Å²) >= 11 is 0. The van der Waals surface area contributed by atoms with Gasteiger partial charge in [-0.1, -0.05) is 42.0 Å². The van der Waals surface area contributed by atoms with Crippen molar-refractivity contribution in [2.45, 2.75) is 6.92 Å². The van der Waals surface area contributed by atoms with Crippen LogP contribution >= 0.6 is 0 Å². The molecular formula is C26H23N3O3. The van der Waals surface area contributed by atoms with E-state index in [1.807, 2.05) is 61.5 Å². The number of hydrazone groups is 1. The summed E-state index contributed by atoms with van der Waals surface area (Å²) in [5.41, 5.74) is 7.48. The van der Waals surface area contributed by atoms with E-state index in [1.54, 1.807) is 38.6 Å². The topological polar surface area (TPSA) is 72.8 Å². The van der Waals surface area contributed by atoms with Crippen molar-refractivity contribution in [3.63, 3.8) is 0 Å². The molecule has 4 rings (SSSR count). The Labute approximate surface area is 186 Å². The van der Waals surface area contributed by atoms with Crippen LogP contribution in [0.5, 0.6) is 11.5 Å². The number of carbonyl (C=O) groups is 1. The zero-order valence-electron chi connectivity index (χ0n) is 18.1. The Morgan fingerprint density at radius 2 is 1.75 bits per heavy atom. The lowest BCUT2D eigenvalue weighted by Gasteiger charge is -2.09. The van der Waals surface area contributed by atoms with Crippen LogP contribution in [0.1, 0.15) is 21.5 Å². The smallest absolute Gasteiger partial charge is 0.272 e. The molecule has 6 heteroatoms. The lowest BCUT2D eigenvalue weighted by atomic mass is 10.0. The summed E-state index contributed by atoms with van der Waals surface area (Å²) in [7, 11) is 3.15. The summed E-state index contributed by atoms with van der Waals surface area (Å²) in [6.45, 7) is 2.03. The molecule has 32 heavy (non-hydrogen) atoms. The van der Waals surface area contributed by atoms with Gasteiger partial charge in [0, 0.05) is 10.9 Å². The van der Waals surface area contributed by atoms with Crippen molar-refractivity contribution in [1.29, 1.82) is 0 Å². The van der Waals surface area contributed by atoms with Crippen LogP contribution in [-0.4, -0.2) is 31.3 Å². The Kier molecular flexibility index (Phi) is 6.12. The van der Waals surface area contributed by atoms with Crippen molar-refractivity contribution in [1.82, 2.24) is 10.4 Å². The number of rotatable bonds is 6. The van der Waals surface area contributed by atoms with Crippen molar-refractivity contribution in [3.05, 3.63) is 89.5 Å². The van der Waals surface area contributed by atoms with Crippen molar-refractivity contribution in [2.75, 3.05) is 14.2 Å². The highest BCUT2D eigenvalue weighted by Crippen LogP contribution is 2.27. The van der Waals surface area contributed by atoms with Crippen molar-refractivity contribution >= 4 is 23.0 Å². The first-order chi connectivity index (χ1) is 15.6. The number of hydrogen-bond acceptors (Lipinski definition) is 5. The molecule has 1 heterocycles. The molecule has 0 aliphatic carbocycles. The van der Waals surface area contributed by atoms with E-state index >= 15 is 0 Å². The number of aromatic nitrogens is 1. The van der Waals surface area contributed by atoms with Gasteiger partial charge in [0.05, 0.1) is 37.2 Å². The lowest BCUT2D eigenvalue weighted by Crippen LogP contribution is -2.18. The number of pyridine rings is 1. The second-order valence-electron chi connectivity index (χ2n) is 7.26. The van der Waals surface area contributed by atoms with Gasteiger partial charge < -0.3 is 9.47 Å². The van der Waals surface area contributed by atoms with Crippen LogP contribution in [0.15, 0.2) is 77.9 Å². The minimum absolute atomic E-state index is 0.311. The maximum Gasteiger partial charge on any atom is 0.272 e. The summed E-state index contributed by atoms with van der Waals surface area (Å²) < 4.78 is 10.5. The summed E-state index contributed by atoms with van der Waals surface area (Å²) in [5, 5.41) is 4.90. The molecule has 0 saturated heterocycles. The highest BCUT2D eigenvalue weighted by molar-refractivity contribution is 6.07. The van der Waals surface area contributed by atoms with Crippen molar-refractivity contribution < 1.29 is 14.3 Å². The molecule has 0 unspecified atom stereocenters. The molecule has 0 bridgehead atoms. The number of nitrogens with one attached hydrogen (secondary N) is 1. The predicted molar refractivity (Wildman–Crippen MR) is 127 cm³/mol. The van der Waals surface area contributed by atoms with Gasteiger partial charge in [0.2, 0.25) is 0 Å². The predicted octanol–water partition coefficient (Wildman–Crippen LogP) is 4.99. The molecule has 0 fully saturated rings. The number of hydrogen-bond donors (Lipinski definition) is 1. The van der Waals surface area contributed by atoms with Gasteiger partial charge in [-0.2, -0.15) is 5.10 Å². The maximum absolute atomic E-state index is 13.0. The van der Waals surface area contributed by atoms with Gasteiger partial charge >= 0.3 is 0 Å². The molecule has 0 spiro atoms. The largest absolute Gasteiger partial charge is 0.493 e. The first kappa shape index (κ1) is 21.1. The molecule has 6 nitrogen and oxygen atoms in total. The molecule has 4 aromatic rings. The van der Waals surface area contributed by atoms with Crippen LogP contribution in [0.2, 0.25) is 0 Å². The zero-order valence-corrected chi connectivity index (χ0v) is 18.1. The van der Waals surface area contributed by atoms with Gasteiger partial charge in [0.1, 0.15) is 0 Å². The first-order valence-electron chi connectivity index (χ1n) is 10.1. The van der Waals surface area contributed by atoms with E-state index in [9.17, 15) is 4.79 Å². The van der Waals surface area contributed by atoms with Gasteiger partial charge in [-0.25, -0.2) is 10.4 Å². The van der Waals surface area contributed by atoms with E-state index in [1.165, 1.54) is 0 Å². The van der Waals surface area contributed by atoms with Crippen molar-refractivity contribution in [3.8, 4) is 22.8 Å². The van der Waals surface area contributed by atoms with Gasteiger partial charge in [-0.15, -0.1) is 0 Å². The van der Waals surface area contributed by atoms with E-state index in [0.717, 1.165) is 33.3 Å². The minimum atomic E-state index is -0.311. The van der Waals surface area contributed by atoms with Crippen LogP contribution < -0.4 is 14.9 Å². The Balaban J connectivity index is 1.64. The fourth-order valence-corrected chi connectivity index (χ4v) is 3.47. The molecule has 1 amide bonds. The highest BCUT2D eigenvalue weighted by atomic mass is 16.5. The van der Waals surface area contributed by atoms with Crippen LogP contribution in [-0.2, 0) is 0 Å². The number of ether oxygens (including phenoxy) is 2. The fourth-order valence-electron chi connectivity index (χ4n) is 3.47. The van der Waals surface area contributed by atoms with Gasteiger partial charge in [0.15, 0.2) is 11.5 Å². The van der Waals surface area contributed by atoms with Crippen molar-refractivity contribution in [2.24, 2.45) is 5.10 Å². The fraction of sp³-hybridized carbons (Fsp3) is 0.115. The maximum atomic E-state index is 13.0. The number of benzene rings is 3. The Bertz CT molecular complexity index is 1310. The third-order valence-corrected chi connectivity index (χ3v) is 5.06. The molecule has 0 aliphatic heterocycles. The number of nitrogens with zero attached hydrogens (tertiary/aromatic N) is 2. The Morgan fingerprint density at radius 3 is 2.53 bits per heavy atom. The summed E-state index contributed by atoms with van der Waals surface area (Å²) in [6, 6.07) is 22.8. The second-order valence-corrected chi connectivity index (χ2v) is 7.26. The average molecular weight is 425 g/mol. The van der Waals surface area contributed by atoms with Crippen LogP contribution in [0.4, 0.5) is 0 Å². The van der Waals surface area contributed by atoms with Crippen LogP contribution in [0.25, 0.3) is 22.2 Å². The molecule has 0 aliphatic rings. The molecule has 0 radical (unpaired) electrons. The average Bonchev–Trinajstić information content (AvgIpc) is 2.83. The SMILES string of the molecule is COc1ccc(C=NNC(=O)c2cc(-c3cccc(C)c3)nc3ccccc23)cc1OC. The van der Waals surface area contributed by atoms with E-state index < -0.39 is 0 Å². The van der Waals surface area contributed by atoms with Gasteiger partial charge in [0.25, 0.3) is 5.91 Å². The normalized spacial score (nSPS) is 11.0. The molecular weight excluding hydrogens is 402 g/mol. The third kappa shape index (κ3) is 4.44. The van der Waals surface area contributed by atoms with Crippen LogP contribution in [0, 0.1) is 6.92 Å². The first-order valence-corrected chi connectivity index (χ1v) is 10.1. The molecule has 3 aromatic carbocycles. The molecule has 160 valence electrons. The summed E-state index contributed by atoms with van der Waals surface area (Å²) in [6.07, 6.45) is 1.56. The third-order valence-electron chi connectivity index (χ3n) is 5.06. The van der Waals surface area contributed by atoms with Crippen LogP contribution in [0.3, 0.4) is 0 Å². The van der Waals surface area contributed by atoms with E-state index in [-0.39, 0.29) is 5.91 Å². The number of fused-ring (bicyclic) bond motifs is 1. The summed E-state index contributed by atoms with van der Waals surface area (Å²) in [5.74, 6) is 0.903. The molecule has 0 atom stereocenters. The number of methoxy groups -OCH3 is 2. The van der Waals surface area contributed by atoms with E-state index in [0.29, 0.717) is 17.1 Å². The lowest BCUT2D eigenvalue weighted by molar-refractivity contribution is 0.0956.